The Morgan fingerprint density at radius 1 is 1.28 bits per heavy atom. The lowest BCUT2D eigenvalue weighted by Gasteiger charge is -2.19. The minimum Gasteiger partial charge on any atom is -0.352 e. The predicted octanol–water partition coefficient (Wildman–Crippen LogP) is 2.18. The van der Waals surface area contributed by atoms with Gasteiger partial charge in [-0.1, -0.05) is 50.1 Å². The second-order valence-corrected chi connectivity index (χ2v) is 4.35. The summed E-state index contributed by atoms with van der Waals surface area (Å²) in [6.07, 6.45) is 3.48. The van der Waals surface area contributed by atoms with Gasteiger partial charge in [-0.2, -0.15) is 0 Å². The molecule has 1 aromatic carbocycles. The van der Waals surface area contributed by atoms with Crippen molar-refractivity contribution < 1.29 is 4.79 Å². The standard InChI is InChI=1S/C14H23N3O/c1-2-3-9-13(12-7-5-4-6-8-12)16-10-11-17-14(15)18/h4-8,13,16H,2-3,9-11H2,1H3,(H3,15,17,18). The van der Waals surface area contributed by atoms with Gasteiger partial charge in [-0.3, -0.25) is 0 Å². The normalized spacial score (nSPS) is 12.1. The summed E-state index contributed by atoms with van der Waals surface area (Å²) >= 11 is 0. The molecule has 1 unspecified atom stereocenters. The topological polar surface area (TPSA) is 67.2 Å². The fourth-order valence-electron chi connectivity index (χ4n) is 1.91. The zero-order valence-corrected chi connectivity index (χ0v) is 11.0. The van der Waals surface area contributed by atoms with E-state index >= 15 is 0 Å². The van der Waals surface area contributed by atoms with Crippen molar-refractivity contribution in [3.63, 3.8) is 0 Å². The van der Waals surface area contributed by atoms with Crippen molar-refractivity contribution in [3.8, 4) is 0 Å². The number of carbonyl (C=O) groups excluding carboxylic acids is 1. The highest BCUT2D eigenvalue weighted by molar-refractivity contribution is 5.71. The minimum atomic E-state index is -0.471. The average molecular weight is 249 g/mol. The quantitative estimate of drug-likeness (QED) is 0.618. The Morgan fingerprint density at radius 3 is 2.61 bits per heavy atom. The van der Waals surface area contributed by atoms with E-state index in [0.717, 1.165) is 13.0 Å². The van der Waals surface area contributed by atoms with Crippen LogP contribution in [-0.2, 0) is 0 Å². The molecule has 0 spiro atoms. The molecule has 1 atom stereocenters. The highest BCUT2D eigenvalue weighted by Crippen LogP contribution is 2.18. The molecule has 0 radical (unpaired) electrons. The Labute approximate surface area is 109 Å². The molecular formula is C14H23N3O. The van der Waals surface area contributed by atoms with E-state index in [4.69, 9.17) is 5.73 Å². The molecule has 4 heteroatoms. The highest BCUT2D eigenvalue weighted by atomic mass is 16.2. The summed E-state index contributed by atoms with van der Waals surface area (Å²) in [5, 5.41) is 6.04. The van der Waals surface area contributed by atoms with Crippen LogP contribution < -0.4 is 16.4 Å². The van der Waals surface area contributed by atoms with Crippen LogP contribution in [0.25, 0.3) is 0 Å². The largest absolute Gasteiger partial charge is 0.352 e. The zero-order valence-electron chi connectivity index (χ0n) is 11.0. The molecule has 4 nitrogen and oxygen atoms in total. The number of nitrogens with one attached hydrogen (secondary N) is 2. The number of hydrogen-bond donors (Lipinski definition) is 3. The van der Waals surface area contributed by atoms with Crippen molar-refractivity contribution in [2.24, 2.45) is 5.73 Å². The fraction of sp³-hybridized carbons (Fsp3) is 0.500. The summed E-state index contributed by atoms with van der Waals surface area (Å²) in [6, 6.07) is 10.3. The van der Waals surface area contributed by atoms with Crippen LogP contribution in [0.4, 0.5) is 4.79 Å². The van der Waals surface area contributed by atoms with Crippen LogP contribution in [0.5, 0.6) is 0 Å². The molecule has 0 aromatic heterocycles. The lowest BCUT2D eigenvalue weighted by Crippen LogP contribution is -2.36. The van der Waals surface area contributed by atoms with Crippen LogP contribution >= 0.6 is 0 Å². The van der Waals surface area contributed by atoms with Crippen molar-refractivity contribution in [3.05, 3.63) is 35.9 Å². The number of benzene rings is 1. The summed E-state index contributed by atoms with van der Waals surface area (Å²) in [6.45, 7) is 3.48. The van der Waals surface area contributed by atoms with Gasteiger partial charge < -0.3 is 16.4 Å². The van der Waals surface area contributed by atoms with E-state index in [9.17, 15) is 4.79 Å². The molecule has 0 heterocycles. The van der Waals surface area contributed by atoms with Crippen molar-refractivity contribution in [2.45, 2.75) is 32.2 Å². The molecule has 100 valence electrons. The lowest BCUT2D eigenvalue weighted by molar-refractivity contribution is 0.248. The molecule has 2 amide bonds. The Balaban J connectivity index is 2.43. The van der Waals surface area contributed by atoms with Gasteiger partial charge in [-0.05, 0) is 12.0 Å². The summed E-state index contributed by atoms with van der Waals surface area (Å²) < 4.78 is 0. The Morgan fingerprint density at radius 2 is 2.00 bits per heavy atom. The molecule has 0 fully saturated rings. The number of rotatable bonds is 8. The number of hydrogen-bond acceptors (Lipinski definition) is 2. The Kier molecular flexibility index (Phi) is 6.87. The van der Waals surface area contributed by atoms with Gasteiger partial charge in [0.05, 0.1) is 0 Å². The van der Waals surface area contributed by atoms with E-state index in [0.29, 0.717) is 12.6 Å². The number of urea groups is 1. The predicted molar refractivity (Wildman–Crippen MR) is 74.3 cm³/mol. The summed E-state index contributed by atoms with van der Waals surface area (Å²) in [7, 11) is 0. The first-order valence-electron chi connectivity index (χ1n) is 6.55. The minimum absolute atomic E-state index is 0.348. The van der Waals surface area contributed by atoms with Gasteiger partial charge in [0.2, 0.25) is 0 Å². The Bertz CT molecular complexity index is 340. The van der Waals surface area contributed by atoms with E-state index in [1.54, 1.807) is 0 Å². The molecule has 1 aromatic rings. The maximum atomic E-state index is 10.6. The Hall–Kier alpha value is -1.55. The molecule has 1 rings (SSSR count). The van der Waals surface area contributed by atoms with Gasteiger partial charge in [-0.25, -0.2) is 4.79 Å². The average Bonchev–Trinajstić information content (AvgIpc) is 2.38. The van der Waals surface area contributed by atoms with E-state index in [1.807, 2.05) is 6.07 Å². The van der Waals surface area contributed by atoms with Crippen LogP contribution in [0.2, 0.25) is 0 Å². The lowest BCUT2D eigenvalue weighted by atomic mass is 10.0. The van der Waals surface area contributed by atoms with Gasteiger partial charge in [0, 0.05) is 19.1 Å². The summed E-state index contributed by atoms with van der Waals surface area (Å²) in [5.74, 6) is 0. The van der Waals surface area contributed by atoms with E-state index < -0.39 is 6.03 Å². The van der Waals surface area contributed by atoms with Crippen molar-refractivity contribution in [1.82, 2.24) is 10.6 Å². The number of unbranched alkanes of at least 4 members (excludes halogenated alkanes) is 1. The van der Waals surface area contributed by atoms with Gasteiger partial charge in [0.1, 0.15) is 0 Å². The third-order valence-corrected chi connectivity index (χ3v) is 2.86. The highest BCUT2D eigenvalue weighted by Gasteiger charge is 2.09. The summed E-state index contributed by atoms with van der Waals surface area (Å²) in [4.78, 5) is 10.6. The maximum absolute atomic E-state index is 10.6. The monoisotopic (exact) mass is 249 g/mol. The molecule has 0 aliphatic carbocycles. The van der Waals surface area contributed by atoms with E-state index in [1.165, 1.54) is 18.4 Å². The SMILES string of the molecule is CCCCC(NCCNC(N)=O)c1ccccc1. The molecule has 4 N–H and O–H groups in total. The van der Waals surface area contributed by atoms with Crippen LogP contribution in [0.1, 0.15) is 37.8 Å². The van der Waals surface area contributed by atoms with Crippen LogP contribution in [0, 0.1) is 0 Å². The first-order chi connectivity index (χ1) is 8.74. The molecule has 18 heavy (non-hydrogen) atoms. The molecular weight excluding hydrogens is 226 g/mol. The first kappa shape index (κ1) is 14.5. The molecule has 0 saturated heterocycles. The number of primary amides is 1. The molecule has 0 saturated carbocycles. The van der Waals surface area contributed by atoms with Gasteiger partial charge >= 0.3 is 6.03 Å². The maximum Gasteiger partial charge on any atom is 0.312 e. The molecule has 0 bridgehead atoms. The zero-order chi connectivity index (χ0) is 13.2. The second kappa shape index (κ2) is 8.53. The second-order valence-electron chi connectivity index (χ2n) is 4.35. The van der Waals surface area contributed by atoms with Crippen molar-refractivity contribution >= 4 is 6.03 Å². The van der Waals surface area contributed by atoms with E-state index in [2.05, 4.69) is 41.8 Å². The fourth-order valence-corrected chi connectivity index (χ4v) is 1.91. The van der Waals surface area contributed by atoms with Crippen LogP contribution in [-0.4, -0.2) is 19.1 Å². The van der Waals surface area contributed by atoms with Crippen LogP contribution in [0.15, 0.2) is 30.3 Å². The third kappa shape index (κ3) is 5.68. The third-order valence-electron chi connectivity index (χ3n) is 2.86. The smallest absolute Gasteiger partial charge is 0.312 e. The van der Waals surface area contributed by atoms with Crippen LogP contribution in [0.3, 0.4) is 0 Å². The van der Waals surface area contributed by atoms with Gasteiger partial charge in [-0.15, -0.1) is 0 Å². The number of nitrogens with two attached hydrogens (primary N) is 1. The van der Waals surface area contributed by atoms with Crippen molar-refractivity contribution in [1.29, 1.82) is 0 Å². The number of carbonyl (C=O) groups is 1. The first-order valence-corrected chi connectivity index (χ1v) is 6.55. The molecule has 0 aliphatic rings. The van der Waals surface area contributed by atoms with E-state index in [-0.39, 0.29) is 0 Å². The molecule has 0 aliphatic heterocycles. The van der Waals surface area contributed by atoms with Crippen molar-refractivity contribution in [2.75, 3.05) is 13.1 Å². The summed E-state index contributed by atoms with van der Waals surface area (Å²) in [5.41, 5.74) is 6.32. The van der Waals surface area contributed by atoms with Gasteiger partial charge in [0.25, 0.3) is 0 Å². The van der Waals surface area contributed by atoms with Gasteiger partial charge in [0.15, 0.2) is 0 Å². The number of amides is 2.